The molecular weight excluding hydrogens is 304 g/mol. The summed E-state index contributed by atoms with van der Waals surface area (Å²) in [7, 11) is 0. The zero-order valence-corrected chi connectivity index (χ0v) is 15.0. The van der Waals surface area contributed by atoms with Crippen molar-refractivity contribution in [3.05, 3.63) is 53.9 Å². The Balaban J connectivity index is 2.33. The summed E-state index contributed by atoms with van der Waals surface area (Å²) in [5.74, 6) is 2.05. The van der Waals surface area contributed by atoms with Gasteiger partial charge in [0.25, 0.3) is 0 Å². The number of thioether (sulfide) groups is 1. The van der Waals surface area contributed by atoms with Crippen molar-refractivity contribution in [3.63, 3.8) is 0 Å². The molecular formula is C18H26N4S. The van der Waals surface area contributed by atoms with E-state index in [2.05, 4.69) is 66.4 Å². The molecule has 1 aromatic carbocycles. The fourth-order valence-corrected chi connectivity index (χ4v) is 3.00. The molecule has 2 rings (SSSR count). The molecule has 1 aromatic heterocycles. The molecule has 0 bridgehead atoms. The number of hydrogen-bond acceptors (Lipinski definition) is 4. The fraction of sp³-hybridized carbons (Fsp3) is 0.444. The van der Waals surface area contributed by atoms with Crippen LogP contribution in [0.25, 0.3) is 0 Å². The third-order valence-electron chi connectivity index (χ3n) is 4.09. The number of rotatable bonds is 8. The van der Waals surface area contributed by atoms with Gasteiger partial charge in [0.15, 0.2) is 11.0 Å². The van der Waals surface area contributed by atoms with E-state index in [-0.39, 0.29) is 6.04 Å². The molecule has 23 heavy (non-hydrogen) atoms. The molecule has 0 amide bonds. The van der Waals surface area contributed by atoms with Crippen molar-refractivity contribution in [2.75, 3.05) is 5.75 Å². The Hall–Kier alpha value is -1.59. The van der Waals surface area contributed by atoms with Gasteiger partial charge in [0.2, 0.25) is 0 Å². The van der Waals surface area contributed by atoms with Gasteiger partial charge in [0, 0.05) is 5.75 Å². The molecule has 0 saturated carbocycles. The Morgan fingerprint density at radius 2 is 2.00 bits per heavy atom. The van der Waals surface area contributed by atoms with E-state index in [1.807, 2.05) is 6.08 Å². The summed E-state index contributed by atoms with van der Waals surface area (Å²) in [4.78, 5) is 0. The highest BCUT2D eigenvalue weighted by atomic mass is 32.2. The van der Waals surface area contributed by atoms with Crippen LogP contribution in [0.3, 0.4) is 0 Å². The molecule has 5 heteroatoms. The van der Waals surface area contributed by atoms with Crippen LogP contribution in [0.15, 0.2) is 42.1 Å². The van der Waals surface area contributed by atoms with Crippen LogP contribution in [0, 0.1) is 12.8 Å². The molecule has 0 saturated heterocycles. The zero-order valence-electron chi connectivity index (χ0n) is 14.2. The lowest BCUT2D eigenvalue weighted by Crippen LogP contribution is -2.23. The molecule has 0 spiro atoms. The average Bonchev–Trinajstić information content (AvgIpc) is 2.96. The van der Waals surface area contributed by atoms with E-state index in [1.54, 1.807) is 11.8 Å². The Morgan fingerprint density at radius 3 is 2.61 bits per heavy atom. The van der Waals surface area contributed by atoms with Crippen LogP contribution in [0.4, 0.5) is 0 Å². The van der Waals surface area contributed by atoms with Gasteiger partial charge >= 0.3 is 0 Å². The van der Waals surface area contributed by atoms with E-state index in [1.165, 1.54) is 11.1 Å². The molecule has 1 heterocycles. The summed E-state index contributed by atoms with van der Waals surface area (Å²) >= 11 is 1.64. The molecule has 2 unspecified atom stereocenters. The van der Waals surface area contributed by atoms with Gasteiger partial charge in [-0.25, -0.2) is 0 Å². The van der Waals surface area contributed by atoms with Crippen LogP contribution in [0.1, 0.15) is 43.3 Å². The lowest BCUT2D eigenvalue weighted by atomic mass is 9.99. The van der Waals surface area contributed by atoms with Gasteiger partial charge in [-0.15, -0.1) is 16.8 Å². The maximum atomic E-state index is 6.42. The third-order valence-corrected chi connectivity index (χ3v) is 5.05. The van der Waals surface area contributed by atoms with Crippen LogP contribution in [0.5, 0.6) is 0 Å². The second-order valence-corrected chi connectivity index (χ2v) is 6.91. The SMILES string of the molecule is C=CCSc1nnc(C(N)C(C)CC)n1Cc1ccc(C)cc1. The van der Waals surface area contributed by atoms with E-state index in [4.69, 9.17) is 5.73 Å². The molecule has 124 valence electrons. The molecule has 2 aromatic rings. The summed E-state index contributed by atoms with van der Waals surface area (Å²) in [6, 6.07) is 8.46. The number of aromatic nitrogens is 3. The first-order valence-electron chi connectivity index (χ1n) is 8.04. The predicted octanol–water partition coefficient (Wildman–Crippen LogP) is 3.96. The molecule has 0 fully saturated rings. The Bertz CT molecular complexity index is 633. The highest BCUT2D eigenvalue weighted by Gasteiger charge is 2.22. The first-order valence-corrected chi connectivity index (χ1v) is 9.03. The van der Waals surface area contributed by atoms with Crippen molar-refractivity contribution in [1.29, 1.82) is 0 Å². The highest BCUT2D eigenvalue weighted by Crippen LogP contribution is 2.26. The molecule has 2 N–H and O–H groups in total. The molecule has 0 radical (unpaired) electrons. The minimum Gasteiger partial charge on any atom is -0.321 e. The quantitative estimate of drug-likeness (QED) is 0.588. The Kier molecular flexibility index (Phi) is 6.42. The van der Waals surface area contributed by atoms with Crippen LogP contribution >= 0.6 is 11.8 Å². The van der Waals surface area contributed by atoms with Gasteiger partial charge < -0.3 is 10.3 Å². The summed E-state index contributed by atoms with van der Waals surface area (Å²) in [6.45, 7) is 10.9. The summed E-state index contributed by atoms with van der Waals surface area (Å²) < 4.78 is 2.15. The van der Waals surface area contributed by atoms with Crippen molar-refractivity contribution in [3.8, 4) is 0 Å². The maximum Gasteiger partial charge on any atom is 0.191 e. The van der Waals surface area contributed by atoms with Crippen LogP contribution in [-0.4, -0.2) is 20.5 Å². The number of benzene rings is 1. The van der Waals surface area contributed by atoms with Gasteiger partial charge in [-0.2, -0.15) is 0 Å². The third kappa shape index (κ3) is 4.45. The van der Waals surface area contributed by atoms with Crippen molar-refractivity contribution in [2.45, 2.75) is 44.9 Å². The summed E-state index contributed by atoms with van der Waals surface area (Å²) in [6.07, 6.45) is 2.90. The van der Waals surface area contributed by atoms with Gasteiger partial charge in [0.05, 0.1) is 12.6 Å². The predicted molar refractivity (Wildman–Crippen MR) is 97.6 cm³/mol. The molecule has 0 aliphatic carbocycles. The van der Waals surface area contributed by atoms with Crippen molar-refractivity contribution < 1.29 is 0 Å². The van der Waals surface area contributed by atoms with E-state index in [9.17, 15) is 0 Å². The second-order valence-electron chi connectivity index (χ2n) is 5.92. The number of nitrogens with zero attached hydrogens (tertiary/aromatic N) is 3. The number of hydrogen-bond donors (Lipinski definition) is 1. The van der Waals surface area contributed by atoms with Crippen molar-refractivity contribution in [1.82, 2.24) is 14.8 Å². The smallest absolute Gasteiger partial charge is 0.191 e. The number of nitrogens with two attached hydrogens (primary N) is 1. The first-order chi connectivity index (χ1) is 11.1. The monoisotopic (exact) mass is 330 g/mol. The van der Waals surface area contributed by atoms with Crippen LogP contribution < -0.4 is 5.73 Å². The maximum absolute atomic E-state index is 6.42. The fourth-order valence-electron chi connectivity index (χ4n) is 2.32. The summed E-state index contributed by atoms with van der Waals surface area (Å²) in [5.41, 5.74) is 8.91. The van der Waals surface area contributed by atoms with E-state index < -0.39 is 0 Å². The molecule has 0 aliphatic rings. The van der Waals surface area contributed by atoms with E-state index in [0.29, 0.717) is 5.92 Å². The van der Waals surface area contributed by atoms with Crippen LogP contribution in [0.2, 0.25) is 0 Å². The lowest BCUT2D eigenvalue weighted by molar-refractivity contribution is 0.422. The normalized spacial score (nSPS) is 13.7. The van der Waals surface area contributed by atoms with E-state index in [0.717, 1.165) is 29.7 Å². The molecule has 0 aliphatic heterocycles. The second kappa shape index (κ2) is 8.31. The minimum absolute atomic E-state index is 0.101. The highest BCUT2D eigenvalue weighted by molar-refractivity contribution is 7.99. The van der Waals surface area contributed by atoms with Gasteiger partial charge in [-0.3, -0.25) is 0 Å². The summed E-state index contributed by atoms with van der Waals surface area (Å²) in [5, 5.41) is 9.64. The zero-order chi connectivity index (χ0) is 16.8. The standard InChI is InChI=1S/C18H26N4S/c1-5-11-23-18-21-20-17(16(19)14(4)6-2)22(18)12-15-9-7-13(3)8-10-15/h5,7-10,14,16H,1,6,11-12,19H2,2-4H3. The molecule has 2 atom stereocenters. The Morgan fingerprint density at radius 1 is 1.30 bits per heavy atom. The first kappa shape index (κ1) is 17.8. The Labute approximate surface area is 143 Å². The topological polar surface area (TPSA) is 56.7 Å². The van der Waals surface area contributed by atoms with Crippen molar-refractivity contribution in [2.24, 2.45) is 11.7 Å². The molecule has 4 nitrogen and oxygen atoms in total. The van der Waals surface area contributed by atoms with Gasteiger partial charge in [-0.05, 0) is 18.4 Å². The van der Waals surface area contributed by atoms with Gasteiger partial charge in [0.1, 0.15) is 0 Å². The lowest BCUT2D eigenvalue weighted by Gasteiger charge is -2.19. The van der Waals surface area contributed by atoms with Crippen LogP contribution in [-0.2, 0) is 6.54 Å². The van der Waals surface area contributed by atoms with Gasteiger partial charge in [-0.1, -0.05) is 67.9 Å². The number of aryl methyl sites for hydroxylation is 1. The largest absolute Gasteiger partial charge is 0.321 e. The van der Waals surface area contributed by atoms with Crippen molar-refractivity contribution >= 4 is 11.8 Å². The minimum atomic E-state index is -0.101. The van der Waals surface area contributed by atoms with E-state index >= 15 is 0 Å². The average molecular weight is 331 g/mol.